The Balaban J connectivity index is 2.63. The molecule has 0 aliphatic carbocycles. The van der Waals surface area contributed by atoms with E-state index in [1.807, 2.05) is 6.07 Å². The van der Waals surface area contributed by atoms with E-state index in [-0.39, 0.29) is 0 Å². The highest BCUT2D eigenvalue weighted by molar-refractivity contribution is 9.10. The van der Waals surface area contributed by atoms with Gasteiger partial charge in [-0.25, -0.2) is 0 Å². The fraction of sp³-hybridized carbons (Fsp3) is 0.400. The van der Waals surface area contributed by atoms with E-state index in [9.17, 15) is 0 Å². The maximum absolute atomic E-state index is 5.73. The van der Waals surface area contributed by atoms with Crippen LogP contribution in [0.3, 0.4) is 0 Å². The molecule has 0 nitrogen and oxygen atoms in total. The van der Waals surface area contributed by atoms with Crippen molar-refractivity contribution >= 4 is 27.5 Å². The fourth-order valence-corrected chi connectivity index (χ4v) is 1.68. The second-order valence-electron chi connectivity index (χ2n) is 3.09. The number of alkyl halides is 1. The fourth-order valence-electron chi connectivity index (χ4n) is 1.12. The van der Waals surface area contributed by atoms with Gasteiger partial charge >= 0.3 is 0 Å². The van der Waals surface area contributed by atoms with Crippen molar-refractivity contribution in [1.29, 1.82) is 0 Å². The molecular formula is C10H12BrCl. The molecule has 1 aromatic rings. The van der Waals surface area contributed by atoms with Crippen molar-refractivity contribution in [2.75, 3.05) is 5.88 Å². The van der Waals surface area contributed by atoms with Crippen LogP contribution in [-0.2, 0) is 6.42 Å². The van der Waals surface area contributed by atoms with Crippen molar-refractivity contribution in [3.05, 3.63) is 34.3 Å². The Kier molecular flexibility index (Phi) is 4.10. The molecule has 0 saturated carbocycles. The van der Waals surface area contributed by atoms with Crippen LogP contribution in [0, 0.1) is 5.92 Å². The van der Waals surface area contributed by atoms with Crippen LogP contribution in [0.1, 0.15) is 12.5 Å². The molecule has 0 radical (unpaired) electrons. The van der Waals surface area contributed by atoms with Gasteiger partial charge in [-0.15, -0.1) is 11.6 Å². The van der Waals surface area contributed by atoms with Gasteiger partial charge in [0.25, 0.3) is 0 Å². The zero-order chi connectivity index (χ0) is 8.97. The summed E-state index contributed by atoms with van der Waals surface area (Å²) in [6.07, 6.45) is 1.06. The zero-order valence-corrected chi connectivity index (χ0v) is 9.40. The van der Waals surface area contributed by atoms with E-state index >= 15 is 0 Å². The van der Waals surface area contributed by atoms with Crippen molar-refractivity contribution in [2.24, 2.45) is 5.92 Å². The molecule has 0 aromatic heterocycles. The van der Waals surface area contributed by atoms with Crippen LogP contribution in [-0.4, -0.2) is 5.88 Å². The van der Waals surface area contributed by atoms with Gasteiger partial charge in [-0.05, 0) is 30.0 Å². The number of benzene rings is 1. The molecule has 0 spiro atoms. The van der Waals surface area contributed by atoms with Crippen molar-refractivity contribution < 1.29 is 0 Å². The minimum Gasteiger partial charge on any atom is -0.126 e. The Bertz CT molecular complexity index is 247. The first kappa shape index (κ1) is 10.1. The first-order valence-corrected chi connectivity index (χ1v) is 5.35. The molecule has 12 heavy (non-hydrogen) atoms. The van der Waals surface area contributed by atoms with Gasteiger partial charge in [0.1, 0.15) is 0 Å². The maximum Gasteiger partial charge on any atom is 0.0252 e. The Labute approximate surface area is 87.1 Å². The van der Waals surface area contributed by atoms with E-state index in [2.05, 4.69) is 41.1 Å². The molecule has 0 aliphatic rings. The van der Waals surface area contributed by atoms with Gasteiger partial charge < -0.3 is 0 Å². The summed E-state index contributed by atoms with van der Waals surface area (Å²) in [6, 6.07) is 8.37. The Morgan fingerprint density at radius 3 is 2.83 bits per heavy atom. The van der Waals surface area contributed by atoms with Crippen molar-refractivity contribution in [2.45, 2.75) is 13.3 Å². The summed E-state index contributed by atoms with van der Waals surface area (Å²) < 4.78 is 1.14. The van der Waals surface area contributed by atoms with Crippen LogP contribution < -0.4 is 0 Å². The molecule has 0 heterocycles. The molecule has 0 fully saturated rings. The minimum atomic E-state index is 0.556. The van der Waals surface area contributed by atoms with Crippen LogP contribution in [0.5, 0.6) is 0 Å². The molecule has 2 heteroatoms. The van der Waals surface area contributed by atoms with Crippen molar-refractivity contribution in [3.8, 4) is 0 Å². The number of hydrogen-bond donors (Lipinski definition) is 0. The highest BCUT2D eigenvalue weighted by atomic mass is 79.9. The van der Waals surface area contributed by atoms with Crippen LogP contribution in [0.25, 0.3) is 0 Å². The molecule has 0 N–H and O–H groups in total. The topological polar surface area (TPSA) is 0 Å². The van der Waals surface area contributed by atoms with E-state index in [1.165, 1.54) is 5.56 Å². The number of hydrogen-bond acceptors (Lipinski definition) is 0. The van der Waals surface area contributed by atoms with Gasteiger partial charge in [-0.1, -0.05) is 35.0 Å². The Morgan fingerprint density at radius 2 is 2.25 bits per heavy atom. The SMILES string of the molecule is CC(CCl)Cc1cccc(Br)c1. The third-order valence-corrected chi connectivity index (χ3v) is 2.76. The quantitative estimate of drug-likeness (QED) is 0.712. The standard InChI is InChI=1S/C10H12BrCl/c1-8(7-12)5-9-3-2-4-10(11)6-9/h2-4,6,8H,5,7H2,1H3. The normalized spacial score (nSPS) is 12.9. The second kappa shape index (κ2) is 4.88. The lowest BCUT2D eigenvalue weighted by molar-refractivity contribution is 0.654. The summed E-state index contributed by atoms with van der Waals surface area (Å²) in [5.41, 5.74) is 1.34. The highest BCUT2D eigenvalue weighted by Gasteiger charge is 2.01. The Hall–Kier alpha value is -0.0100. The average molecular weight is 248 g/mol. The lowest BCUT2D eigenvalue weighted by Gasteiger charge is -2.06. The van der Waals surface area contributed by atoms with E-state index in [0.717, 1.165) is 16.8 Å². The van der Waals surface area contributed by atoms with Gasteiger partial charge in [-0.2, -0.15) is 0 Å². The molecule has 1 atom stereocenters. The minimum absolute atomic E-state index is 0.556. The zero-order valence-electron chi connectivity index (χ0n) is 7.06. The maximum atomic E-state index is 5.73. The molecule has 1 rings (SSSR count). The molecule has 66 valence electrons. The predicted octanol–water partition coefficient (Wildman–Crippen LogP) is 3.87. The van der Waals surface area contributed by atoms with Crippen LogP contribution in [0.15, 0.2) is 28.7 Å². The third-order valence-electron chi connectivity index (χ3n) is 1.74. The van der Waals surface area contributed by atoms with E-state index in [4.69, 9.17) is 11.6 Å². The number of rotatable bonds is 3. The lowest BCUT2D eigenvalue weighted by atomic mass is 10.0. The first-order chi connectivity index (χ1) is 5.72. The summed E-state index contributed by atoms with van der Waals surface area (Å²) in [7, 11) is 0. The lowest BCUT2D eigenvalue weighted by Crippen LogP contribution is -2.00. The van der Waals surface area contributed by atoms with Crippen molar-refractivity contribution in [3.63, 3.8) is 0 Å². The Morgan fingerprint density at radius 1 is 1.50 bits per heavy atom. The van der Waals surface area contributed by atoms with E-state index < -0.39 is 0 Å². The summed E-state index contributed by atoms with van der Waals surface area (Å²) >= 11 is 9.17. The largest absolute Gasteiger partial charge is 0.126 e. The average Bonchev–Trinajstić information content (AvgIpc) is 2.04. The van der Waals surface area contributed by atoms with Gasteiger partial charge in [0.2, 0.25) is 0 Å². The molecule has 0 saturated heterocycles. The molecular weight excluding hydrogens is 235 g/mol. The van der Waals surface area contributed by atoms with E-state index in [1.54, 1.807) is 0 Å². The molecule has 0 amide bonds. The molecule has 0 aliphatic heterocycles. The van der Waals surface area contributed by atoms with Gasteiger partial charge in [-0.3, -0.25) is 0 Å². The summed E-state index contributed by atoms with van der Waals surface area (Å²) in [4.78, 5) is 0. The van der Waals surface area contributed by atoms with Crippen LogP contribution in [0.4, 0.5) is 0 Å². The summed E-state index contributed by atoms with van der Waals surface area (Å²) in [6.45, 7) is 2.16. The summed E-state index contributed by atoms with van der Waals surface area (Å²) in [5, 5.41) is 0. The van der Waals surface area contributed by atoms with Crippen LogP contribution in [0.2, 0.25) is 0 Å². The smallest absolute Gasteiger partial charge is 0.0252 e. The monoisotopic (exact) mass is 246 g/mol. The predicted molar refractivity (Wildman–Crippen MR) is 57.7 cm³/mol. The molecule has 0 bridgehead atoms. The number of halogens is 2. The third kappa shape index (κ3) is 3.16. The second-order valence-corrected chi connectivity index (χ2v) is 4.32. The van der Waals surface area contributed by atoms with Gasteiger partial charge in [0, 0.05) is 10.4 Å². The highest BCUT2D eigenvalue weighted by Crippen LogP contribution is 2.15. The van der Waals surface area contributed by atoms with Gasteiger partial charge in [0.15, 0.2) is 0 Å². The van der Waals surface area contributed by atoms with Crippen molar-refractivity contribution in [1.82, 2.24) is 0 Å². The summed E-state index contributed by atoms with van der Waals surface area (Å²) in [5.74, 6) is 1.29. The molecule has 1 aromatic carbocycles. The molecule has 1 unspecified atom stereocenters. The van der Waals surface area contributed by atoms with Crippen LogP contribution >= 0.6 is 27.5 Å². The van der Waals surface area contributed by atoms with Gasteiger partial charge in [0.05, 0.1) is 0 Å². The first-order valence-electron chi connectivity index (χ1n) is 4.03. The van der Waals surface area contributed by atoms with E-state index in [0.29, 0.717) is 5.92 Å².